The first-order valence-electron chi connectivity index (χ1n) is 7.55. The Balaban J connectivity index is 1.79. The second-order valence-corrected chi connectivity index (χ2v) is 6.18. The van der Waals surface area contributed by atoms with E-state index in [0.717, 1.165) is 25.7 Å². The highest BCUT2D eigenvalue weighted by atomic mass is 16.2. The molecule has 102 valence electrons. The van der Waals surface area contributed by atoms with Crippen LogP contribution in [0.15, 0.2) is 30.3 Å². The van der Waals surface area contributed by atoms with E-state index in [4.69, 9.17) is 0 Å². The SMILES string of the molecule is Cc1ccc2cccc3c2c1CCC3NC(=O)C1CC1. The van der Waals surface area contributed by atoms with Crippen molar-refractivity contribution in [3.63, 3.8) is 0 Å². The standard InChI is InChI=1S/C18H19NO/c1-11-5-6-12-3-2-4-15-16(10-9-14(11)17(12)15)19-18(20)13-7-8-13/h2-6,13,16H,7-10H2,1H3,(H,19,20). The van der Waals surface area contributed by atoms with Gasteiger partial charge in [-0.1, -0.05) is 30.3 Å². The molecule has 0 radical (unpaired) electrons. The van der Waals surface area contributed by atoms with Gasteiger partial charge in [0.1, 0.15) is 0 Å². The third kappa shape index (κ3) is 1.82. The Bertz CT molecular complexity index is 700. The Morgan fingerprint density at radius 1 is 1.15 bits per heavy atom. The normalized spacial score (nSPS) is 20.9. The van der Waals surface area contributed by atoms with Crippen molar-refractivity contribution in [3.8, 4) is 0 Å². The van der Waals surface area contributed by atoms with Crippen molar-refractivity contribution >= 4 is 16.7 Å². The van der Waals surface area contributed by atoms with Gasteiger partial charge in [-0.2, -0.15) is 0 Å². The van der Waals surface area contributed by atoms with Crippen molar-refractivity contribution in [3.05, 3.63) is 47.0 Å². The monoisotopic (exact) mass is 265 g/mol. The van der Waals surface area contributed by atoms with Crippen LogP contribution in [0.3, 0.4) is 0 Å². The summed E-state index contributed by atoms with van der Waals surface area (Å²) in [4.78, 5) is 12.1. The molecule has 1 saturated carbocycles. The van der Waals surface area contributed by atoms with E-state index in [2.05, 4.69) is 42.6 Å². The third-order valence-electron chi connectivity index (χ3n) is 4.74. The first kappa shape index (κ1) is 12.0. The molecule has 0 spiro atoms. The first-order chi connectivity index (χ1) is 9.74. The number of amides is 1. The molecule has 0 saturated heterocycles. The molecule has 2 aromatic carbocycles. The molecule has 0 aromatic heterocycles. The van der Waals surface area contributed by atoms with Gasteiger partial charge in [-0.05, 0) is 60.1 Å². The summed E-state index contributed by atoms with van der Waals surface area (Å²) < 4.78 is 0. The zero-order valence-electron chi connectivity index (χ0n) is 11.8. The van der Waals surface area contributed by atoms with Gasteiger partial charge in [0.25, 0.3) is 0 Å². The molecule has 1 N–H and O–H groups in total. The van der Waals surface area contributed by atoms with Crippen molar-refractivity contribution in [2.24, 2.45) is 5.92 Å². The summed E-state index contributed by atoms with van der Waals surface area (Å²) in [6.07, 6.45) is 4.22. The zero-order valence-corrected chi connectivity index (χ0v) is 11.8. The van der Waals surface area contributed by atoms with Crippen LogP contribution < -0.4 is 5.32 Å². The van der Waals surface area contributed by atoms with E-state index in [-0.39, 0.29) is 17.9 Å². The lowest BCUT2D eigenvalue weighted by molar-refractivity contribution is -0.123. The highest BCUT2D eigenvalue weighted by molar-refractivity contribution is 5.92. The van der Waals surface area contributed by atoms with E-state index < -0.39 is 0 Å². The van der Waals surface area contributed by atoms with Gasteiger partial charge in [0.05, 0.1) is 6.04 Å². The highest BCUT2D eigenvalue weighted by Crippen LogP contribution is 2.38. The van der Waals surface area contributed by atoms with E-state index in [1.807, 2.05) is 0 Å². The Kier molecular flexibility index (Phi) is 2.59. The molecule has 0 aliphatic heterocycles. The number of aryl methyl sites for hydroxylation is 2. The van der Waals surface area contributed by atoms with Crippen LogP contribution in [0.4, 0.5) is 0 Å². The van der Waals surface area contributed by atoms with Gasteiger partial charge in [0.2, 0.25) is 5.91 Å². The molecule has 2 aliphatic carbocycles. The number of hydrogen-bond acceptors (Lipinski definition) is 1. The fourth-order valence-corrected chi connectivity index (χ4v) is 3.43. The smallest absolute Gasteiger partial charge is 0.223 e. The number of carbonyl (C=O) groups is 1. The van der Waals surface area contributed by atoms with Gasteiger partial charge in [0, 0.05) is 5.92 Å². The van der Waals surface area contributed by atoms with Gasteiger partial charge >= 0.3 is 0 Å². The second-order valence-electron chi connectivity index (χ2n) is 6.18. The summed E-state index contributed by atoms with van der Waals surface area (Å²) in [6.45, 7) is 2.19. The Morgan fingerprint density at radius 3 is 2.80 bits per heavy atom. The van der Waals surface area contributed by atoms with Crippen LogP contribution in [0.5, 0.6) is 0 Å². The lowest BCUT2D eigenvalue weighted by Crippen LogP contribution is -2.31. The van der Waals surface area contributed by atoms with Gasteiger partial charge in [-0.25, -0.2) is 0 Å². The molecule has 0 heterocycles. The lowest BCUT2D eigenvalue weighted by atomic mass is 9.83. The summed E-state index contributed by atoms with van der Waals surface area (Å²) in [5.41, 5.74) is 4.15. The minimum atomic E-state index is 0.195. The van der Waals surface area contributed by atoms with Gasteiger partial charge in [-0.15, -0.1) is 0 Å². The Hall–Kier alpha value is -1.83. The van der Waals surface area contributed by atoms with Gasteiger partial charge in [-0.3, -0.25) is 4.79 Å². The Labute approximate surface area is 119 Å². The number of carbonyl (C=O) groups excluding carboxylic acids is 1. The van der Waals surface area contributed by atoms with Crippen molar-refractivity contribution in [1.29, 1.82) is 0 Å². The van der Waals surface area contributed by atoms with Crippen LogP contribution in [0.25, 0.3) is 10.8 Å². The minimum absolute atomic E-state index is 0.195. The number of nitrogens with one attached hydrogen (secondary N) is 1. The maximum Gasteiger partial charge on any atom is 0.223 e. The van der Waals surface area contributed by atoms with E-state index in [1.54, 1.807) is 0 Å². The van der Waals surface area contributed by atoms with E-state index >= 15 is 0 Å². The number of benzene rings is 2. The van der Waals surface area contributed by atoms with E-state index in [0.29, 0.717) is 0 Å². The fourth-order valence-electron chi connectivity index (χ4n) is 3.43. The molecular formula is C18H19NO. The third-order valence-corrected chi connectivity index (χ3v) is 4.74. The second kappa shape index (κ2) is 4.34. The van der Waals surface area contributed by atoms with Crippen LogP contribution in [0.1, 0.15) is 42.0 Å². The van der Waals surface area contributed by atoms with Crippen molar-refractivity contribution in [2.75, 3.05) is 0 Å². The molecule has 4 rings (SSSR count). The highest BCUT2D eigenvalue weighted by Gasteiger charge is 2.32. The van der Waals surface area contributed by atoms with Crippen molar-refractivity contribution in [2.45, 2.75) is 38.6 Å². The van der Waals surface area contributed by atoms with Crippen LogP contribution in [-0.4, -0.2) is 5.91 Å². The van der Waals surface area contributed by atoms with Crippen molar-refractivity contribution < 1.29 is 4.79 Å². The van der Waals surface area contributed by atoms with Gasteiger partial charge in [0.15, 0.2) is 0 Å². The summed E-state index contributed by atoms with van der Waals surface area (Å²) in [6, 6.07) is 11.1. The van der Waals surface area contributed by atoms with Crippen LogP contribution in [-0.2, 0) is 11.2 Å². The average Bonchev–Trinajstić information content (AvgIpc) is 3.29. The molecule has 2 aromatic rings. The lowest BCUT2D eigenvalue weighted by Gasteiger charge is -2.27. The quantitative estimate of drug-likeness (QED) is 0.882. The molecule has 20 heavy (non-hydrogen) atoms. The fraction of sp³-hybridized carbons (Fsp3) is 0.389. The first-order valence-corrected chi connectivity index (χ1v) is 7.55. The predicted molar refractivity (Wildman–Crippen MR) is 80.6 cm³/mol. The average molecular weight is 265 g/mol. The van der Waals surface area contributed by atoms with Crippen LogP contribution in [0, 0.1) is 12.8 Å². The molecule has 1 unspecified atom stereocenters. The zero-order chi connectivity index (χ0) is 13.7. The summed E-state index contributed by atoms with van der Waals surface area (Å²) in [7, 11) is 0. The maximum absolute atomic E-state index is 12.1. The van der Waals surface area contributed by atoms with Crippen LogP contribution >= 0.6 is 0 Å². The molecule has 1 amide bonds. The van der Waals surface area contributed by atoms with E-state index in [1.165, 1.54) is 27.5 Å². The van der Waals surface area contributed by atoms with E-state index in [9.17, 15) is 4.79 Å². The predicted octanol–water partition coefficient (Wildman–Crippen LogP) is 3.66. The molecule has 1 fully saturated rings. The Morgan fingerprint density at radius 2 is 2.00 bits per heavy atom. The maximum atomic E-state index is 12.1. The topological polar surface area (TPSA) is 29.1 Å². The van der Waals surface area contributed by atoms with Crippen LogP contribution in [0.2, 0.25) is 0 Å². The van der Waals surface area contributed by atoms with Crippen molar-refractivity contribution in [1.82, 2.24) is 5.32 Å². The largest absolute Gasteiger partial charge is 0.349 e. The molecule has 2 heteroatoms. The van der Waals surface area contributed by atoms with Gasteiger partial charge < -0.3 is 5.32 Å². The molecule has 2 aliphatic rings. The molecule has 1 atom stereocenters. The number of hydrogen-bond donors (Lipinski definition) is 1. The summed E-state index contributed by atoms with van der Waals surface area (Å²) >= 11 is 0. The molecule has 2 nitrogen and oxygen atoms in total. The summed E-state index contributed by atoms with van der Waals surface area (Å²) in [5, 5.41) is 5.94. The molecular weight excluding hydrogens is 246 g/mol. The molecule has 0 bridgehead atoms. The number of rotatable bonds is 2. The minimum Gasteiger partial charge on any atom is -0.349 e. The summed E-state index contributed by atoms with van der Waals surface area (Å²) in [5.74, 6) is 0.538.